The Morgan fingerprint density at radius 3 is 1.47 bits per heavy atom. The number of carboxylic acids is 2. The van der Waals surface area contributed by atoms with E-state index in [0.717, 1.165) is 24.3 Å². The number of aromatic carboxylic acids is 2. The molecule has 0 radical (unpaired) electrons. The molecule has 0 amide bonds. The number of halogens is 4. The van der Waals surface area contributed by atoms with E-state index in [9.17, 15) is 32.3 Å². The van der Waals surface area contributed by atoms with Crippen LogP contribution in [0.2, 0.25) is 0 Å². The Kier molecular flexibility index (Phi) is 11.0. The summed E-state index contributed by atoms with van der Waals surface area (Å²) in [4.78, 5) is 37.3. The number of carboxylic acid groups (broad SMARTS) is 2. The third kappa shape index (κ3) is 7.96. The maximum Gasteiger partial charge on any atom is 3.00 e. The number of rotatable bonds is 6. The summed E-state index contributed by atoms with van der Waals surface area (Å²) in [5.74, 6) is -5.97. The van der Waals surface area contributed by atoms with E-state index in [2.05, 4.69) is 32.1 Å². The predicted molar refractivity (Wildman–Crippen MR) is 155 cm³/mol. The molecular weight excluding hydrogens is 797 g/mol. The maximum absolute atomic E-state index is 14.3. The smallest absolute Gasteiger partial charge is 0.600 e. The van der Waals surface area contributed by atoms with E-state index in [1.165, 1.54) is 36.9 Å². The summed E-state index contributed by atoms with van der Waals surface area (Å²) >= 11 is 0. The Morgan fingerprint density at radius 1 is 0.617 bits per heavy atom. The molecule has 0 unspecified atom stereocenters. The van der Waals surface area contributed by atoms with Crippen molar-refractivity contribution >= 4 is 11.9 Å². The zero-order valence-corrected chi connectivity index (χ0v) is 25.9. The fraction of sp³-hybridized carbons (Fsp3) is 0. The van der Waals surface area contributed by atoms with Crippen molar-refractivity contribution in [3.63, 3.8) is 0 Å². The second-order valence-corrected chi connectivity index (χ2v) is 9.31. The van der Waals surface area contributed by atoms with E-state index in [1.807, 2.05) is 0 Å². The minimum Gasteiger partial charge on any atom is -0.600 e. The molecule has 2 aromatic carbocycles. The van der Waals surface area contributed by atoms with E-state index < -0.39 is 40.9 Å². The van der Waals surface area contributed by atoms with Crippen molar-refractivity contribution in [2.75, 3.05) is 0 Å². The van der Waals surface area contributed by atoms with Gasteiger partial charge in [0.15, 0.2) is 0 Å². The van der Waals surface area contributed by atoms with Crippen LogP contribution in [0.5, 0.6) is 0 Å². The molecule has 0 aliphatic rings. The minimum absolute atomic E-state index is 0. The molecule has 0 atom stereocenters. The average molecular weight is 814 g/mol. The Morgan fingerprint density at radius 2 is 1.06 bits per heavy atom. The van der Waals surface area contributed by atoms with Crippen LogP contribution in [0.3, 0.4) is 0 Å². The van der Waals surface area contributed by atoms with Gasteiger partial charge in [-0.25, -0.2) is 17.6 Å². The van der Waals surface area contributed by atoms with Crippen LogP contribution in [0.4, 0.5) is 17.6 Å². The summed E-state index contributed by atoms with van der Waals surface area (Å²) in [6, 6.07) is 21.4. The third-order valence-electron chi connectivity index (χ3n) is 6.32. The Hall–Kier alpha value is -5.65. The van der Waals surface area contributed by atoms with E-state index in [-0.39, 0.29) is 59.2 Å². The van der Waals surface area contributed by atoms with Crippen molar-refractivity contribution < 1.29 is 57.5 Å². The summed E-state index contributed by atoms with van der Waals surface area (Å²) in [6.07, 6.45) is 5.42. The molecule has 1 N–H and O–H groups in total. The van der Waals surface area contributed by atoms with Crippen LogP contribution in [0.25, 0.3) is 44.8 Å². The molecule has 4 heterocycles. The Labute approximate surface area is 277 Å². The second kappa shape index (κ2) is 15.1. The SMILES string of the molecule is O=C(O)c1[c-]c(-c2cc(F)cc(F)c2-c2ccccn2)ccn1.O=C([O-])c1[c-]c(-c2cc(F)cc(F)c2-c2ccccn2)ccn1.[Ir+3]. The second-order valence-electron chi connectivity index (χ2n) is 9.31. The normalized spacial score (nSPS) is 10.3. The molecule has 47 heavy (non-hydrogen) atoms. The molecule has 0 spiro atoms. The molecular formula is C34H17F4IrN4O4. The Balaban J connectivity index is 0.000000208. The van der Waals surface area contributed by atoms with E-state index in [4.69, 9.17) is 5.11 Å². The fourth-order valence-corrected chi connectivity index (χ4v) is 4.42. The largest absolute Gasteiger partial charge is 3.00 e. The molecule has 6 rings (SSSR count). The van der Waals surface area contributed by atoms with Gasteiger partial charge < -0.3 is 19.8 Å². The summed E-state index contributed by atoms with van der Waals surface area (Å²) in [5, 5.41) is 19.9. The van der Waals surface area contributed by atoms with Gasteiger partial charge in [-0.1, -0.05) is 35.4 Å². The van der Waals surface area contributed by atoms with Crippen molar-refractivity contribution in [2.24, 2.45) is 0 Å². The zero-order chi connectivity index (χ0) is 32.8. The number of carbonyl (C=O) groups is 2. The molecule has 6 aromatic rings. The summed E-state index contributed by atoms with van der Waals surface area (Å²) < 4.78 is 55.9. The van der Waals surface area contributed by atoms with Gasteiger partial charge in [0.2, 0.25) is 0 Å². The number of hydrogen-bond acceptors (Lipinski definition) is 7. The van der Waals surface area contributed by atoms with Gasteiger partial charge in [-0.2, -0.15) is 0 Å². The van der Waals surface area contributed by atoms with Crippen LogP contribution >= 0.6 is 0 Å². The Bertz CT molecular complexity index is 1920. The molecule has 0 aliphatic carbocycles. The van der Waals surface area contributed by atoms with Crippen molar-refractivity contribution in [2.45, 2.75) is 0 Å². The van der Waals surface area contributed by atoms with Crippen LogP contribution in [0.1, 0.15) is 21.0 Å². The van der Waals surface area contributed by atoms with Gasteiger partial charge in [0.1, 0.15) is 23.3 Å². The van der Waals surface area contributed by atoms with Gasteiger partial charge >= 0.3 is 20.1 Å². The molecule has 234 valence electrons. The van der Waals surface area contributed by atoms with Crippen molar-refractivity contribution in [1.82, 2.24) is 19.9 Å². The first kappa shape index (κ1) is 34.2. The van der Waals surface area contributed by atoms with Crippen molar-refractivity contribution in [3.8, 4) is 44.8 Å². The molecule has 8 nitrogen and oxygen atoms in total. The summed E-state index contributed by atoms with van der Waals surface area (Å²) in [6.45, 7) is 0. The van der Waals surface area contributed by atoms with Gasteiger partial charge in [-0.15, -0.1) is 35.4 Å². The van der Waals surface area contributed by atoms with Crippen molar-refractivity contribution in [3.05, 3.63) is 144 Å². The molecule has 0 saturated heterocycles. The standard InChI is InChI=1S/2C17H9F2N2O2.Ir/c2*18-11-8-12(10-4-6-21-15(7-10)17(22)23)16(13(19)9-11)14-3-1-2-5-20-14;/h2*1-6,8-9H,(H,22,23);/q2*-1;+3/p-1. The van der Waals surface area contributed by atoms with Crippen LogP contribution in [0.15, 0.2) is 97.6 Å². The van der Waals surface area contributed by atoms with E-state index >= 15 is 0 Å². The predicted octanol–water partition coefficient (Wildman–Crippen LogP) is 5.84. The number of benzene rings is 2. The fourth-order valence-electron chi connectivity index (χ4n) is 4.42. The molecule has 13 heteroatoms. The topological polar surface area (TPSA) is 129 Å². The monoisotopic (exact) mass is 814 g/mol. The summed E-state index contributed by atoms with van der Waals surface area (Å²) in [5.41, 5.74) is 0.636. The van der Waals surface area contributed by atoms with Crippen LogP contribution < -0.4 is 5.11 Å². The number of nitrogens with zero attached hydrogens (tertiary/aromatic N) is 4. The molecule has 0 saturated carbocycles. The van der Waals surface area contributed by atoms with Crippen LogP contribution in [-0.4, -0.2) is 37.0 Å². The average Bonchev–Trinajstić information content (AvgIpc) is 3.05. The van der Waals surface area contributed by atoms with E-state index in [1.54, 1.807) is 36.4 Å². The van der Waals surface area contributed by atoms with Gasteiger partial charge in [-0.05, 0) is 36.7 Å². The first-order valence-corrected chi connectivity index (χ1v) is 13.1. The first-order chi connectivity index (χ1) is 22.1. The zero-order valence-electron chi connectivity index (χ0n) is 23.5. The van der Waals surface area contributed by atoms with Gasteiger partial charge in [0, 0.05) is 47.3 Å². The summed E-state index contributed by atoms with van der Waals surface area (Å²) in [7, 11) is 0. The molecule has 0 bridgehead atoms. The minimum atomic E-state index is -1.52. The third-order valence-corrected chi connectivity index (χ3v) is 6.32. The molecule has 0 fully saturated rings. The number of aromatic nitrogens is 4. The first-order valence-electron chi connectivity index (χ1n) is 13.1. The van der Waals surface area contributed by atoms with E-state index in [0.29, 0.717) is 11.4 Å². The quantitative estimate of drug-likeness (QED) is 0.164. The van der Waals surface area contributed by atoms with Crippen LogP contribution in [-0.2, 0) is 20.1 Å². The number of hydrogen-bond donors (Lipinski definition) is 1. The molecule has 0 aliphatic heterocycles. The molecule has 4 aromatic heterocycles. The van der Waals surface area contributed by atoms with Gasteiger partial charge in [0.25, 0.3) is 5.97 Å². The number of carbonyl (C=O) groups excluding carboxylic acids is 1. The maximum atomic E-state index is 14.3. The van der Waals surface area contributed by atoms with Crippen LogP contribution in [0, 0.1) is 35.4 Å². The number of pyridine rings is 4. The van der Waals surface area contributed by atoms with Gasteiger partial charge in [0.05, 0.1) is 17.1 Å². The van der Waals surface area contributed by atoms with Crippen molar-refractivity contribution in [1.29, 1.82) is 0 Å². The van der Waals surface area contributed by atoms with Gasteiger partial charge in [-0.3, -0.25) is 19.9 Å².